The fourth-order valence-electron chi connectivity index (χ4n) is 4.82. The van der Waals surface area contributed by atoms with Gasteiger partial charge in [0.05, 0.1) is 23.1 Å². The monoisotopic (exact) mass is 420 g/mol. The third-order valence-electron chi connectivity index (χ3n) is 6.36. The molecule has 0 bridgehead atoms. The van der Waals surface area contributed by atoms with E-state index in [1.807, 2.05) is 31.5 Å². The van der Waals surface area contributed by atoms with Crippen molar-refractivity contribution in [1.82, 2.24) is 14.7 Å². The Hall–Kier alpha value is -3.27. The van der Waals surface area contributed by atoms with Crippen LogP contribution in [0, 0.1) is 23.7 Å². The zero-order valence-corrected chi connectivity index (χ0v) is 18.0. The molecular formula is C24H28N4O3. The van der Waals surface area contributed by atoms with Gasteiger partial charge in [0.15, 0.2) is 0 Å². The summed E-state index contributed by atoms with van der Waals surface area (Å²) in [5, 5.41) is 13.7. The number of hydrogen-bond acceptors (Lipinski definition) is 4. The number of hydrogen-bond donors (Lipinski definition) is 1. The van der Waals surface area contributed by atoms with E-state index in [4.69, 9.17) is 10.9 Å². The molecule has 0 saturated heterocycles. The fourth-order valence-corrected chi connectivity index (χ4v) is 4.82. The molecule has 1 aliphatic carbocycles. The number of aromatic nitrogens is 3. The van der Waals surface area contributed by atoms with Crippen molar-refractivity contribution < 1.29 is 14.4 Å². The van der Waals surface area contributed by atoms with Crippen molar-refractivity contribution in [3.05, 3.63) is 41.9 Å². The first-order chi connectivity index (χ1) is 14.9. The van der Waals surface area contributed by atoms with E-state index in [1.54, 1.807) is 6.07 Å². The van der Waals surface area contributed by atoms with Crippen LogP contribution in [-0.2, 0) is 13.0 Å². The van der Waals surface area contributed by atoms with Crippen molar-refractivity contribution in [3.63, 3.8) is 0 Å². The van der Waals surface area contributed by atoms with Gasteiger partial charge in [-0.1, -0.05) is 31.3 Å². The molecular weight excluding hydrogens is 392 g/mol. The molecule has 7 heteroatoms. The van der Waals surface area contributed by atoms with Crippen LogP contribution in [0.3, 0.4) is 0 Å². The average molecular weight is 421 g/mol. The van der Waals surface area contributed by atoms with Crippen LogP contribution in [0.2, 0.25) is 0 Å². The van der Waals surface area contributed by atoms with E-state index in [0.717, 1.165) is 54.5 Å². The Morgan fingerprint density at radius 1 is 1.45 bits per heavy atom. The number of nitrogens with zero attached hydrogens (tertiary/aromatic N) is 4. The Kier molecular flexibility index (Phi) is 5.73. The average Bonchev–Trinajstić information content (AvgIpc) is 3.38. The van der Waals surface area contributed by atoms with Gasteiger partial charge in [-0.15, -0.1) is 6.42 Å². The number of carbonyl (C=O) groups is 1. The Morgan fingerprint density at radius 3 is 3.00 bits per heavy atom. The molecule has 3 aromatic rings. The fraction of sp³-hybridized carbons (Fsp3) is 0.458. The van der Waals surface area contributed by atoms with Gasteiger partial charge in [0.2, 0.25) is 5.88 Å². The maximum atomic E-state index is 11.9. The van der Waals surface area contributed by atoms with Crippen LogP contribution in [0.4, 0.5) is 10.7 Å². The minimum Gasteiger partial charge on any atom is -0.465 e. The Labute approximate surface area is 182 Å². The summed E-state index contributed by atoms with van der Waals surface area (Å²) >= 11 is 0. The third-order valence-corrected chi connectivity index (χ3v) is 6.36. The van der Waals surface area contributed by atoms with Crippen molar-refractivity contribution in [2.75, 3.05) is 11.4 Å². The maximum absolute atomic E-state index is 11.9. The summed E-state index contributed by atoms with van der Waals surface area (Å²) in [7, 11) is 0. The van der Waals surface area contributed by atoms with Crippen LogP contribution < -0.4 is 4.90 Å². The van der Waals surface area contributed by atoms with Gasteiger partial charge < -0.3 is 14.2 Å². The second-order valence-corrected chi connectivity index (χ2v) is 8.90. The molecule has 7 nitrogen and oxygen atoms in total. The smallest absolute Gasteiger partial charge is 0.414 e. The highest BCUT2D eigenvalue weighted by Gasteiger charge is 2.35. The number of fused-ring (bicyclic) bond motifs is 1. The second kappa shape index (κ2) is 8.46. The summed E-state index contributed by atoms with van der Waals surface area (Å²) < 4.78 is 7.47. The highest BCUT2D eigenvalue weighted by atomic mass is 16.5. The molecule has 1 fully saturated rings. The summed E-state index contributed by atoms with van der Waals surface area (Å²) in [6, 6.07) is 7.59. The minimum atomic E-state index is -1.01. The van der Waals surface area contributed by atoms with Gasteiger partial charge in [-0.2, -0.15) is 0 Å². The summed E-state index contributed by atoms with van der Waals surface area (Å²) in [6.07, 6.45) is 11.2. The van der Waals surface area contributed by atoms with Crippen molar-refractivity contribution in [2.24, 2.45) is 11.3 Å². The minimum absolute atomic E-state index is 0.0445. The number of anilines is 1. The van der Waals surface area contributed by atoms with E-state index in [9.17, 15) is 9.90 Å². The van der Waals surface area contributed by atoms with E-state index >= 15 is 0 Å². The first-order valence-corrected chi connectivity index (χ1v) is 10.8. The quantitative estimate of drug-likeness (QED) is 0.571. The molecule has 2 unspecified atom stereocenters. The van der Waals surface area contributed by atoms with Crippen molar-refractivity contribution in [2.45, 2.75) is 52.5 Å². The molecule has 4 rings (SSSR count). The van der Waals surface area contributed by atoms with E-state index in [-0.39, 0.29) is 11.3 Å². The van der Waals surface area contributed by atoms with Crippen LogP contribution in [0.5, 0.6) is 0 Å². The molecule has 1 N–H and O–H groups in total. The van der Waals surface area contributed by atoms with Crippen molar-refractivity contribution in [1.29, 1.82) is 0 Å². The molecule has 1 saturated carbocycles. The van der Waals surface area contributed by atoms with Crippen LogP contribution in [-0.4, -0.2) is 32.5 Å². The molecule has 0 radical (unpaired) electrons. The number of benzene rings is 1. The molecule has 0 aliphatic heterocycles. The number of imidazole rings is 1. The number of aryl methyl sites for hydroxylation is 1. The van der Waals surface area contributed by atoms with E-state index in [0.29, 0.717) is 18.8 Å². The maximum Gasteiger partial charge on any atom is 0.414 e. The van der Waals surface area contributed by atoms with Gasteiger partial charge in [0, 0.05) is 24.7 Å². The lowest BCUT2D eigenvalue weighted by atomic mass is 9.70. The zero-order chi connectivity index (χ0) is 22.0. The lowest BCUT2D eigenvalue weighted by Gasteiger charge is -2.39. The lowest BCUT2D eigenvalue weighted by Crippen LogP contribution is -2.39. The highest BCUT2D eigenvalue weighted by molar-refractivity contribution is 5.84. The highest BCUT2D eigenvalue weighted by Crippen LogP contribution is 2.41. The van der Waals surface area contributed by atoms with Gasteiger partial charge in [-0.05, 0) is 55.2 Å². The molecule has 1 aromatic carbocycles. The van der Waals surface area contributed by atoms with Crippen LogP contribution in [0.15, 0.2) is 35.1 Å². The number of terminal acetylenes is 1. The first kappa shape index (κ1) is 21.0. The van der Waals surface area contributed by atoms with E-state index in [1.165, 1.54) is 4.90 Å². The molecule has 1 aliphatic rings. The first-order valence-electron chi connectivity index (χ1n) is 10.8. The summed E-state index contributed by atoms with van der Waals surface area (Å²) in [6.45, 7) is 5.48. The largest absolute Gasteiger partial charge is 0.465 e. The predicted molar refractivity (Wildman–Crippen MR) is 119 cm³/mol. The molecule has 0 spiro atoms. The zero-order valence-electron chi connectivity index (χ0n) is 18.0. The molecule has 2 aromatic heterocycles. The van der Waals surface area contributed by atoms with Gasteiger partial charge >= 0.3 is 6.09 Å². The van der Waals surface area contributed by atoms with E-state index < -0.39 is 6.09 Å². The van der Waals surface area contributed by atoms with Gasteiger partial charge in [0.25, 0.3) is 0 Å². The third kappa shape index (κ3) is 4.43. The number of rotatable bonds is 6. The van der Waals surface area contributed by atoms with Crippen molar-refractivity contribution in [3.8, 4) is 12.3 Å². The topological polar surface area (TPSA) is 84.4 Å². The number of amides is 1. The van der Waals surface area contributed by atoms with Crippen LogP contribution in [0.25, 0.3) is 11.0 Å². The molecule has 2 heterocycles. The molecule has 2 atom stereocenters. The standard InChI is InChI=1S/C24H28N4O3/c1-4-17-8-9-20-21(11-17)27(16-25-20)15-24(3)10-6-7-18(13-24)14-28(23(29)30)22-12-19(5-2)26-31-22/h1,8-9,11-12,16,18H,5-7,10,13-15H2,2-3H3,(H,29,30). The Morgan fingerprint density at radius 2 is 2.29 bits per heavy atom. The normalized spacial score (nSPS) is 21.1. The molecule has 31 heavy (non-hydrogen) atoms. The summed E-state index contributed by atoms with van der Waals surface area (Å²) in [5.74, 6) is 3.25. The summed E-state index contributed by atoms with van der Waals surface area (Å²) in [5.41, 5.74) is 3.62. The SMILES string of the molecule is C#Cc1ccc2ncn(CC3(C)CCCC(CN(C(=O)O)c4cc(CC)no4)C3)c2c1. The van der Waals surface area contributed by atoms with Gasteiger partial charge in [-0.3, -0.25) is 0 Å². The molecule has 1 amide bonds. The van der Waals surface area contributed by atoms with Gasteiger partial charge in [0.1, 0.15) is 0 Å². The lowest BCUT2D eigenvalue weighted by molar-refractivity contribution is 0.135. The summed E-state index contributed by atoms with van der Waals surface area (Å²) in [4.78, 5) is 17.7. The van der Waals surface area contributed by atoms with Crippen LogP contribution >= 0.6 is 0 Å². The van der Waals surface area contributed by atoms with Gasteiger partial charge in [-0.25, -0.2) is 14.7 Å². The van der Waals surface area contributed by atoms with Crippen molar-refractivity contribution >= 4 is 23.0 Å². The van der Waals surface area contributed by atoms with Crippen LogP contribution in [0.1, 0.15) is 50.8 Å². The Balaban J connectivity index is 1.50. The second-order valence-electron chi connectivity index (χ2n) is 8.90. The number of carboxylic acid groups (broad SMARTS) is 1. The van der Waals surface area contributed by atoms with E-state index in [2.05, 4.69) is 27.6 Å². The molecule has 162 valence electrons. The Bertz CT molecular complexity index is 1130. The predicted octanol–water partition coefficient (Wildman–Crippen LogP) is 4.95.